The van der Waals surface area contributed by atoms with Gasteiger partial charge in [0, 0.05) is 75.5 Å². The summed E-state index contributed by atoms with van der Waals surface area (Å²) in [6.45, 7) is 5.01. The minimum Gasteiger partial charge on any atom is -0.354 e. The zero-order valence-electron chi connectivity index (χ0n) is 20.7. The van der Waals surface area contributed by atoms with Gasteiger partial charge in [-0.15, -0.1) is 0 Å². The molecule has 1 aliphatic carbocycles. The minimum atomic E-state index is -0.371. The molecule has 1 spiro atoms. The molecule has 10 heteroatoms. The number of nitrogens with zero attached hydrogens (tertiary/aromatic N) is 5. The van der Waals surface area contributed by atoms with Crippen LogP contribution in [0, 0.1) is 5.82 Å². The lowest BCUT2D eigenvalue weighted by atomic mass is 10.1. The summed E-state index contributed by atoms with van der Waals surface area (Å²) >= 11 is 0. The van der Waals surface area contributed by atoms with E-state index in [1.165, 1.54) is 0 Å². The van der Waals surface area contributed by atoms with E-state index in [1.807, 2.05) is 24.3 Å². The molecule has 0 radical (unpaired) electrons. The Labute approximate surface area is 215 Å². The molecule has 3 N–H and O–H groups in total. The highest BCUT2D eigenvalue weighted by atomic mass is 19.1. The van der Waals surface area contributed by atoms with Crippen molar-refractivity contribution in [2.45, 2.75) is 31.3 Å². The number of aromatic nitrogens is 3. The monoisotopic (exact) mass is 502 g/mol. The second kappa shape index (κ2) is 10.0. The number of carbonyl (C=O) groups is 1. The summed E-state index contributed by atoms with van der Waals surface area (Å²) in [5, 5.41) is 9.50. The third kappa shape index (κ3) is 4.99. The van der Waals surface area contributed by atoms with Crippen LogP contribution >= 0.6 is 0 Å². The number of halogens is 1. The van der Waals surface area contributed by atoms with Crippen molar-refractivity contribution in [3.63, 3.8) is 0 Å². The molecular formula is C27H31FN8O. The molecule has 2 aromatic heterocycles. The Balaban J connectivity index is 1.26. The van der Waals surface area contributed by atoms with E-state index in [1.54, 1.807) is 24.7 Å². The molecule has 1 saturated heterocycles. The first-order valence-corrected chi connectivity index (χ1v) is 12.9. The van der Waals surface area contributed by atoms with Crippen LogP contribution in [0.4, 0.5) is 21.8 Å². The maximum atomic E-state index is 15.5. The molecule has 8 bridgehead atoms. The topological polar surface area (TPSA) is 98.3 Å². The van der Waals surface area contributed by atoms with Crippen LogP contribution in [-0.2, 0) is 11.3 Å². The van der Waals surface area contributed by atoms with Crippen molar-refractivity contribution in [2.75, 3.05) is 49.9 Å². The van der Waals surface area contributed by atoms with Gasteiger partial charge >= 0.3 is 0 Å². The van der Waals surface area contributed by atoms with E-state index >= 15 is 4.39 Å². The SMILES string of the molecule is O=C1NCCCNc2ncc(cn2)-c2ccnc(c2)Nc2cccc(c2F)CN2CCN(CC2)C12CC2. The lowest BCUT2D eigenvalue weighted by Crippen LogP contribution is -2.56. The summed E-state index contributed by atoms with van der Waals surface area (Å²) in [6, 6.07) is 9.17. The van der Waals surface area contributed by atoms with Crippen LogP contribution in [0.2, 0.25) is 0 Å². The smallest absolute Gasteiger partial charge is 0.240 e. The maximum absolute atomic E-state index is 15.5. The molecular weight excluding hydrogens is 471 g/mol. The van der Waals surface area contributed by atoms with Crippen molar-refractivity contribution in [1.29, 1.82) is 0 Å². The molecule has 1 amide bonds. The van der Waals surface area contributed by atoms with Gasteiger partial charge in [-0.3, -0.25) is 14.6 Å². The predicted octanol–water partition coefficient (Wildman–Crippen LogP) is 3.00. The lowest BCUT2D eigenvalue weighted by Gasteiger charge is -2.39. The number of amides is 1. The van der Waals surface area contributed by atoms with Gasteiger partial charge < -0.3 is 16.0 Å². The van der Waals surface area contributed by atoms with Gasteiger partial charge in [0.2, 0.25) is 11.9 Å². The van der Waals surface area contributed by atoms with E-state index in [9.17, 15) is 4.79 Å². The third-order valence-electron chi connectivity index (χ3n) is 7.53. The Bertz CT molecular complexity index is 1270. The summed E-state index contributed by atoms with van der Waals surface area (Å²) in [5.41, 5.74) is 2.38. The fourth-order valence-corrected chi connectivity index (χ4v) is 5.22. The Morgan fingerprint density at radius 1 is 0.919 bits per heavy atom. The molecule has 5 aliphatic heterocycles. The van der Waals surface area contributed by atoms with Crippen molar-refractivity contribution < 1.29 is 9.18 Å². The van der Waals surface area contributed by atoms with Gasteiger partial charge in [0.1, 0.15) is 11.4 Å². The molecule has 1 saturated carbocycles. The van der Waals surface area contributed by atoms with E-state index in [0.717, 1.165) is 56.6 Å². The molecule has 192 valence electrons. The molecule has 1 aromatic carbocycles. The van der Waals surface area contributed by atoms with E-state index in [-0.39, 0.29) is 17.3 Å². The molecule has 0 unspecified atom stereocenters. The van der Waals surface area contributed by atoms with Gasteiger partial charge in [-0.2, -0.15) is 0 Å². The van der Waals surface area contributed by atoms with Crippen LogP contribution in [0.3, 0.4) is 0 Å². The highest BCUT2D eigenvalue weighted by molar-refractivity contribution is 5.89. The first-order valence-electron chi connectivity index (χ1n) is 12.9. The first kappa shape index (κ1) is 23.7. The highest BCUT2D eigenvalue weighted by Gasteiger charge is 2.54. The van der Waals surface area contributed by atoms with Crippen molar-refractivity contribution in [1.82, 2.24) is 30.1 Å². The number of benzene rings is 1. The van der Waals surface area contributed by atoms with Crippen molar-refractivity contribution in [3.8, 4) is 11.1 Å². The number of hydrogen-bond acceptors (Lipinski definition) is 8. The zero-order chi connectivity index (χ0) is 25.2. The summed E-state index contributed by atoms with van der Waals surface area (Å²) in [6.07, 6.45) is 7.77. The molecule has 9 nitrogen and oxygen atoms in total. The molecule has 2 fully saturated rings. The molecule has 3 aromatic rings. The van der Waals surface area contributed by atoms with Crippen LogP contribution in [0.1, 0.15) is 24.8 Å². The molecule has 6 aliphatic rings. The van der Waals surface area contributed by atoms with Gasteiger partial charge in [0.15, 0.2) is 5.82 Å². The Morgan fingerprint density at radius 3 is 2.49 bits per heavy atom. The fourth-order valence-electron chi connectivity index (χ4n) is 5.22. The molecule has 9 rings (SSSR count). The summed E-state index contributed by atoms with van der Waals surface area (Å²) in [4.78, 5) is 30.8. The Kier molecular flexibility index (Phi) is 6.43. The molecule has 37 heavy (non-hydrogen) atoms. The van der Waals surface area contributed by atoms with Gasteiger partial charge in [0.05, 0.1) is 5.69 Å². The maximum Gasteiger partial charge on any atom is 0.240 e. The number of pyridine rings is 1. The number of anilines is 3. The Hall–Kier alpha value is -3.63. The highest BCUT2D eigenvalue weighted by Crippen LogP contribution is 2.42. The number of nitrogens with one attached hydrogen (secondary N) is 3. The summed E-state index contributed by atoms with van der Waals surface area (Å²) in [7, 11) is 0. The Morgan fingerprint density at radius 2 is 1.70 bits per heavy atom. The molecule has 0 atom stereocenters. The number of hydrogen-bond donors (Lipinski definition) is 3. The van der Waals surface area contributed by atoms with E-state index in [2.05, 4.69) is 40.7 Å². The second-order valence-electron chi connectivity index (χ2n) is 9.96. The van der Waals surface area contributed by atoms with Gasteiger partial charge in [0.25, 0.3) is 0 Å². The third-order valence-corrected chi connectivity index (χ3v) is 7.53. The standard InChI is InChI=1S/C27H31FN8O/c28-24-20-3-1-4-22(24)34-23-15-19(5-10-29-23)21-16-32-26(33-17-21)31-9-2-8-30-25(37)27(6-7-27)36-13-11-35(18-20)12-14-36/h1,3-5,10,15-17H,2,6-9,11-14,18H2,(H,29,34)(H,30,37)(H,31,32,33). The predicted molar refractivity (Wildman–Crippen MR) is 140 cm³/mol. The molecule has 7 heterocycles. The van der Waals surface area contributed by atoms with Crippen molar-refractivity contribution >= 4 is 23.4 Å². The first-order chi connectivity index (χ1) is 18.1. The average molecular weight is 503 g/mol. The largest absolute Gasteiger partial charge is 0.354 e. The van der Waals surface area contributed by atoms with Crippen molar-refractivity contribution in [3.05, 3.63) is 60.3 Å². The van der Waals surface area contributed by atoms with Crippen molar-refractivity contribution in [2.24, 2.45) is 0 Å². The number of rotatable bonds is 0. The van der Waals surface area contributed by atoms with Crippen LogP contribution in [0.25, 0.3) is 11.1 Å². The van der Waals surface area contributed by atoms with E-state index < -0.39 is 0 Å². The fraction of sp³-hybridized carbons (Fsp3) is 0.407. The summed E-state index contributed by atoms with van der Waals surface area (Å²) in [5.74, 6) is 0.943. The number of carbonyl (C=O) groups excluding carboxylic acids is 1. The minimum absolute atomic E-state index is 0.125. The number of piperazine rings is 1. The van der Waals surface area contributed by atoms with Crippen LogP contribution in [0.15, 0.2) is 48.9 Å². The van der Waals surface area contributed by atoms with Crippen LogP contribution in [-0.4, -0.2) is 75.5 Å². The quantitative estimate of drug-likeness (QED) is 0.432. The van der Waals surface area contributed by atoms with Gasteiger partial charge in [-0.05, 0) is 43.0 Å². The van der Waals surface area contributed by atoms with Gasteiger partial charge in [-0.25, -0.2) is 19.3 Å². The van der Waals surface area contributed by atoms with E-state index in [4.69, 9.17) is 0 Å². The van der Waals surface area contributed by atoms with Gasteiger partial charge in [-0.1, -0.05) is 12.1 Å². The average Bonchev–Trinajstić information content (AvgIpc) is 3.73. The van der Waals surface area contributed by atoms with Crippen LogP contribution in [0.5, 0.6) is 0 Å². The second-order valence-corrected chi connectivity index (χ2v) is 9.96. The summed E-state index contributed by atoms with van der Waals surface area (Å²) < 4.78 is 15.5. The normalized spacial score (nSPS) is 23.1. The lowest BCUT2D eigenvalue weighted by molar-refractivity contribution is -0.129. The van der Waals surface area contributed by atoms with Crippen LogP contribution < -0.4 is 16.0 Å². The zero-order valence-corrected chi connectivity index (χ0v) is 20.7. The van der Waals surface area contributed by atoms with E-state index in [0.29, 0.717) is 42.7 Å².